The Morgan fingerprint density at radius 1 is 1.47 bits per heavy atom. The minimum Gasteiger partial charge on any atom is -0.385 e. The predicted octanol–water partition coefficient (Wildman–Crippen LogP) is 2.80. The summed E-state index contributed by atoms with van der Waals surface area (Å²) >= 11 is 0. The highest BCUT2D eigenvalue weighted by Gasteiger charge is 2.21. The van der Waals surface area contributed by atoms with E-state index in [9.17, 15) is 4.79 Å². The zero-order chi connectivity index (χ0) is 13.9. The SMILES string of the molecule is COC(C)(C)CC(=O)Nc1ccc2c(c1)NCCC2. The molecule has 0 fully saturated rings. The Kier molecular flexibility index (Phi) is 4.10. The molecule has 0 aliphatic carbocycles. The number of rotatable bonds is 4. The van der Waals surface area contributed by atoms with Crippen molar-refractivity contribution in [3.8, 4) is 0 Å². The molecule has 1 aliphatic heterocycles. The van der Waals surface area contributed by atoms with Crippen LogP contribution in [-0.2, 0) is 16.0 Å². The Balaban J connectivity index is 2.01. The van der Waals surface area contributed by atoms with E-state index >= 15 is 0 Å². The highest BCUT2D eigenvalue weighted by molar-refractivity contribution is 5.92. The van der Waals surface area contributed by atoms with Crippen molar-refractivity contribution in [1.29, 1.82) is 0 Å². The van der Waals surface area contributed by atoms with Crippen molar-refractivity contribution in [2.24, 2.45) is 0 Å². The van der Waals surface area contributed by atoms with Gasteiger partial charge in [-0.3, -0.25) is 4.79 Å². The number of carbonyl (C=O) groups is 1. The number of nitrogens with one attached hydrogen (secondary N) is 2. The lowest BCUT2D eigenvalue weighted by Gasteiger charge is -2.22. The highest BCUT2D eigenvalue weighted by atomic mass is 16.5. The summed E-state index contributed by atoms with van der Waals surface area (Å²) in [6, 6.07) is 6.05. The predicted molar refractivity (Wildman–Crippen MR) is 77.6 cm³/mol. The average Bonchev–Trinajstić information content (AvgIpc) is 2.38. The van der Waals surface area contributed by atoms with Gasteiger partial charge in [0.05, 0.1) is 12.0 Å². The van der Waals surface area contributed by atoms with Gasteiger partial charge in [-0.2, -0.15) is 0 Å². The third-order valence-corrected chi connectivity index (χ3v) is 3.47. The number of fused-ring (bicyclic) bond motifs is 1. The van der Waals surface area contributed by atoms with E-state index in [4.69, 9.17) is 4.74 Å². The van der Waals surface area contributed by atoms with Crippen LogP contribution in [0.1, 0.15) is 32.3 Å². The molecule has 104 valence electrons. The van der Waals surface area contributed by atoms with Crippen molar-refractivity contribution < 1.29 is 9.53 Å². The Labute approximate surface area is 114 Å². The second kappa shape index (κ2) is 5.61. The first-order valence-electron chi connectivity index (χ1n) is 6.72. The number of anilines is 2. The molecule has 2 N–H and O–H groups in total. The maximum Gasteiger partial charge on any atom is 0.227 e. The van der Waals surface area contributed by atoms with Crippen LogP contribution < -0.4 is 10.6 Å². The van der Waals surface area contributed by atoms with Crippen molar-refractivity contribution in [2.45, 2.75) is 38.7 Å². The maximum absolute atomic E-state index is 11.9. The van der Waals surface area contributed by atoms with Gasteiger partial charge in [-0.05, 0) is 44.4 Å². The first-order valence-corrected chi connectivity index (χ1v) is 6.72. The molecule has 0 atom stereocenters. The van der Waals surface area contributed by atoms with Crippen LogP contribution in [0, 0.1) is 0 Å². The molecule has 0 bridgehead atoms. The second-order valence-electron chi connectivity index (χ2n) is 5.59. The zero-order valence-electron chi connectivity index (χ0n) is 11.9. The molecule has 0 saturated carbocycles. The van der Waals surface area contributed by atoms with Gasteiger partial charge in [0.1, 0.15) is 0 Å². The summed E-state index contributed by atoms with van der Waals surface area (Å²) in [7, 11) is 1.62. The van der Waals surface area contributed by atoms with Gasteiger partial charge in [-0.15, -0.1) is 0 Å². The van der Waals surface area contributed by atoms with E-state index in [1.165, 1.54) is 12.0 Å². The lowest BCUT2D eigenvalue weighted by Crippen LogP contribution is -2.29. The Morgan fingerprint density at radius 3 is 3.00 bits per heavy atom. The average molecular weight is 262 g/mol. The van der Waals surface area contributed by atoms with Crippen molar-refractivity contribution in [3.63, 3.8) is 0 Å². The first kappa shape index (κ1) is 13.9. The summed E-state index contributed by atoms with van der Waals surface area (Å²) in [6.07, 6.45) is 2.61. The van der Waals surface area contributed by atoms with Gasteiger partial charge < -0.3 is 15.4 Å². The van der Waals surface area contributed by atoms with Gasteiger partial charge >= 0.3 is 0 Å². The molecular weight excluding hydrogens is 240 g/mol. The van der Waals surface area contributed by atoms with Gasteiger partial charge in [0.15, 0.2) is 0 Å². The summed E-state index contributed by atoms with van der Waals surface area (Å²) in [4.78, 5) is 11.9. The van der Waals surface area contributed by atoms with Gasteiger partial charge in [-0.1, -0.05) is 6.07 Å². The third-order valence-electron chi connectivity index (χ3n) is 3.47. The zero-order valence-corrected chi connectivity index (χ0v) is 11.9. The fraction of sp³-hybridized carbons (Fsp3) is 0.533. The number of benzene rings is 1. The smallest absolute Gasteiger partial charge is 0.227 e. The van der Waals surface area contributed by atoms with E-state index < -0.39 is 5.60 Å². The first-order chi connectivity index (χ1) is 9.00. The molecule has 1 aromatic carbocycles. The third kappa shape index (κ3) is 3.70. The fourth-order valence-electron chi connectivity index (χ4n) is 2.20. The molecule has 0 saturated heterocycles. The Bertz CT molecular complexity index is 469. The topological polar surface area (TPSA) is 50.4 Å². The number of ether oxygens (including phenoxy) is 1. The van der Waals surface area contributed by atoms with Crippen LogP contribution in [0.5, 0.6) is 0 Å². The summed E-state index contributed by atoms with van der Waals surface area (Å²) < 4.78 is 5.26. The van der Waals surface area contributed by atoms with Crippen LogP contribution in [0.4, 0.5) is 11.4 Å². The second-order valence-corrected chi connectivity index (χ2v) is 5.59. The van der Waals surface area contributed by atoms with Crippen molar-refractivity contribution in [3.05, 3.63) is 23.8 Å². The van der Waals surface area contributed by atoms with Crippen molar-refractivity contribution in [2.75, 3.05) is 24.3 Å². The largest absolute Gasteiger partial charge is 0.385 e. The van der Waals surface area contributed by atoms with Crippen LogP contribution in [-0.4, -0.2) is 25.2 Å². The van der Waals surface area contributed by atoms with Gasteiger partial charge in [0, 0.05) is 25.0 Å². The van der Waals surface area contributed by atoms with Crippen molar-refractivity contribution in [1.82, 2.24) is 0 Å². The van der Waals surface area contributed by atoms with Gasteiger partial charge in [0.25, 0.3) is 0 Å². The molecule has 2 rings (SSSR count). The number of methoxy groups -OCH3 is 1. The normalized spacial score (nSPS) is 14.5. The highest BCUT2D eigenvalue weighted by Crippen LogP contribution is 2.25. The summed E-state index contributed by atoms with van der Waals surface area (Å²) in [5.74, 6) is -0.0254. The molecule has 4 heteroatoms. The monoisotopic (exact) mass is 262 g/mol. The molecule has 0 aromatic heterocycles. The number of aryl methyl sites for hydroxylation is 1. The lowest BCUT2D eigenvalue weighted by atomic mass is 10.0. The molecular formula is C15H22N2O2. The number of amides is 1. The van der Waals surface area contributed by atoms with Crippen LogP contribution in [0.3, 0.4) is 0 Å². The standard InChI is InChI=1S/C15H22N2O2/c1-15(2,19-3)10-14(18)17-12-7-6-11-5-4-8-16-13(11)9-12/h6-7,9,16H,4-5,8,10H2,1-3H3,(H,17,18). The minimum atomic E-state index is -0.434. The van der Waals surface area contributed by atoms with E-state index in [0.29, 0.717) is 6.42 Å². The van der Waals surface area contributed by atoms with Crippen LogP contribution in [0.25, 0.3) is 0 Å². The molecule has 0 spiro atoms. The molecule has 19 heavy (non-hydrogen) atoms. The van der Waals surface area contributed by atoms with Crippen LogP contribution in [0.15, 0.2) is 18.2 Å². The molecule has 1 aliphatic rings. The van der Waals surface area contributed by atoms with Crippen LogP contribution >= 0.6 is 0 Å². The van der Waals surface area contributed by atoms with Crippen LogP contribution in [0.2, 0.25) is 0 Å². The maximum atomic E-state index is 11.9. The van der Waals surface area contributed by atoms with E-state index in [2.05, 4.69) is 16.7 Å². The quantitative estimate of drug-likeness (QED) is 0.877. The Hall–Kier alpha value is -1.55. The summed E-state index contributed by atoms with van der Waals surface area (Å²) in [6.45, 7) is 4.81. The fourth-order valence-corrected chi connectivity index (χ4v) is 2.20. The minimum absolute atomic E-state index is 0.0254. The summed E-state index contributed by atoms with van der Waals surface area (Å²) in [5, 5.41) is 6.28. The van der Waals surface area contributed by atoms with Gasteiger partial charge in [-0.25, -0.2) is 0 Å². The number of carbonyl (C=O) groups excluding carboxylic acids is 1. The summed E-state index contributed by atoms with van der Waals surface area (Å²) in [5.41, 5.74) is 2.86. The van der Waals surface area contributed by atoms with Gasteiger partial charge in [0.2, 0.25) is 5.91 Å². The lowest BCUT2D eigenvalue weighted by molar-refractivity contribution is -0.121. The van der Waals surface area contributed by atoms with E-state index in [-0.39, 0.29) is 5.91 Å². The number of hydrogen-bond acceptors (Lipinski definition) is 3. The Morgan fingerprint density at radius 2 is 2.26 bits per heavy atom. The molecule has 1 heterocycles. The molecule has 0 radical (unpaired) electrons. The number of hydrogen-bond donors (Lipinski definition) is 2. The van der Waals surface area contributed by atoms with E-state index in [1.54, 1.807) is 7.11 Å². The molecule has 4 nitrogen and oxygen atoms in total. The van der Waals surface area contributed by atoms with E-state index in [1.807, 2.05) is 26.0 Å². The molecule has 0 unspecified atom stereocenters. The molecule has 1 aromatic rings. The molecule has 1 amide bonds. The van der Waals surface area contributed by atoms with Crippen molar-refractivity contribution >= 4 is 17.3 Å². The van der Waals surface area contributed by atoms with E-state index in [0.717, 1.165) is 24.3 Å².